The molecule has 0 bridgehead atoms. The highest BCUT2D eigenvalue weighted by atomic mass is 127. The van der Waals surface area contributed by atoms with Crippen molar-refractivity contribution in [1.29, 1.82) is 0 Å². The van der Waals surface area contributed by atoms with Gasteiger partial charge < -0.3 is 44.0 Å². The summed E-state index contributed by atoms with van der Waals surface area (Å²) in [5.74, 6) is -1.09. The van der Waals surface area contributed by atoms with Crippen LogP contribution in [0.5, 0.6) is 0 Å². The quantitative estimate of drug-likeness (QED) is 0.121. The van der Waals surface area contributed by atoms with Gasteiger partial charge in [0.25, 0.3) is 0 Å². The van der Waals surface area contributed by atoms with Crippen molar-refractivity contribution in [3.8, 4) is 0 Å². The van der Waals surface area contributed by atoms with Crippen molar-refractivity contribution >= 4 is 40.8 Å². The number of ketones is 1. The van der Waals surface area contributed by atoms with Crippen molar-refractivity contribution in [2.45, 2.75) is 64.1 Å². The number of quaternary nitrogens is 1. The number of aryl methyl sites for hydroxylation is 1. The van der Waals surface area contributed by atoms with Crippen LogP contribution in [0.3, 0.4) is 0 Å². The Morgan fingerprint density at radius 1 is 0.913 bits per heavy atom. The van der Waals surface area contributed by atoms with E-state index >= 15 is 0 Å². The summed E-state index contributed by atoms with van der Waals surface area (Å²) in [7, 11) is 6.36. The largest absolute Gasteiger partial charge is 1.00 e. The molecule has 0 fully saturated rings. The molecule has 0 aromatic heterocycles. The molecular formula is C36H44ClIN4O4. The Labute approximate surface area is 294 Å². The fourth-order valence-electron chi connectivity index (χ4n) is 5.57. The normalized spacial score (nSPS) is 14.8. The van der Waals surface area contributed by atoms with Crippen molar-refractivity contribution in [2.24, 2.45) is 0 Å². The van der Waals surface area contributed by atoms with E-state index in [0.717, 1.165) is 40.6 Å². The van der Waals surface area contributed by atoms with Crippen molar-refractivity contribution < 1.29 is 47.6 Å². The Balaban J connectivity index is 0.00000576. The summed E-state index contributed by atoms with van der Waals surface area (Å²) in [4.78, 5) is 55.4. The zero-order valence-electron chi connectivity index (χ0n) is 27.0. The van der Waals surface area contributed by atoms with Crippen LogP contribution in [-0.2, 0) is 27.3 Å². The number of rotatable bonds is 13. The first kappa shape index (κ1) is 37.2. The van der Waals surface area contributed by atoms with E-state index in [1.807, 2.05) is 37.3 Å². The lowest BCUT2D eigenvalue weighted by atomic mass is 9.92. The lowest BCUT2D eigenvalue weighted by Gasteiger charge is -2.37. The number of fused-ring (bicyclic) bond motifs is 1. The standard InChI is InChI=1S/C36H43ClN4O4.HI/c1-25-22-29(17-18-30(25)37)38-35(44)31(16-10-11-21-41(2,3)4)39-36(45)32-23-27-14-8-9-15-28(27)24-40(32)34(43)20-19-33(42)26-12-6-5-7-13-26;/h5-9,12-15,17-18,22,31-32H,10-11,16,19-21,23-24H2,1-4H3,(H-,38,39,44,45);1H/t31-,32-;/m0./s1. The summed E-state index contributed by atoms with van der Waals surface area (Å²) in [5.41, 5.74) is 3.94. The number of amides is 3. The van der Waals surface area contributed by atoms with Crippen LogP contribution in [0.1, 0.15) is 59.2 Å². The molecular weight excluding hydrogens is 715 g/mol. The van der Waals surface area contributed by atoms with Crippen molar-refractivity contribution in [1.82, 2.24) is 10.2 Å². The summed E-state index contributed by atoms with van der Waals surface area (Å²) in [6.45, 7) is 3.06. The summed E-state index contributed by atoms with van der Waals surface area (Å²) in [6, 6.07) is 20.3. The van der Waals surface area contributed by atoms with Gasteiger partial charge in [0, 0.05) is 42.1 Å². The molecule has 0 saturated carbocycles. The lowest BCUT2D eigenvalue weighted by Crippen LogP contribution is -3.00. The number of anilines is 1. The molecule has 0 radical (unpaired) electrons. The Morgan fingerprint density at radius 2 is 1.59 bits per heavy atom. The molecule has 1 heterocycles. The molecule has 46 heavy (non-hydrogen) atoms. The smallest absolute Gasteiger partial charge is 0.246 e. The van der Waals surface area contributed by atoms with Gasteiger partial charge in [0.1, 0.15) is 12.1 Å². The van der Waals surface area contributed by atoms with Gasteiger partial charge in [-0.2, -0.15) is 0 Å². The monoisotopic (exact) mass is 758 g/mol. The Morgan fingerprint density at radius 3 is 2.26 bits per heavy atom. The fourth-order valence-corrected chi connectivity index (χ4v) is 5.69. The molecule has 0 saturated heterocycles. The van der Waals surface area contributed by atoms with Crippen LogP contribution < -0.4 is 34.6 Å². The number of benzene rings is 3. The summed E-state index contributed by atoms with van der Waals surface area (Å²) >= 11 is 6.18. The fraction of sp³-hybridized carbons (Fsp3) is 0.389. The highest BCUT2D eigenvalue weighted by molar-refractivity contribution is 6.31. The Kier molecular flexibility index (Phi) is 13.8. The van der Waals surface area contributed by atoms with Gasteiger partial charge in [-0.25, -0.2) is 0 Å². The predicted octanol–water partition coefficient (Wildman–Crippen LogP) is 2.57. The lowest BCUT2D eigenvalue weighted by molar-refractivity contribution is -0.870. The summed E-state index contributed by atoms with van der Waals surface area (Å²) in [5, 5.41) is 6.54. The van der Waals surface area contributed by atoms with Crippen LogP contribution >= 0.6 is 11.6 Å². The van der Waals surface area contributed by atoms with Gasteiger partial charge in [0.05, 0.1) is 27.7 Å². The minimum Gasteiger partial charge on any atom is -1.00 e. The van der Waals surface area contributed by atoms with Crippen molar-refractivity contribution in [2.75, 3.05) is 33.0 Å². The van der Waals surface area contributed by atoms with Crippen LogP contribution in [0.25, 0.3) is 0 Å². The molecule has 10 heteroatoms. The summed E-state index contributed by atoms with van der Waals surface area (Å²) < 4.78 is 0.804. The van der Waals surface area contributed by atoms with Gasteiger partial charge in [-0.3, -0.25) is 19.2 Å². The molecule has 3 amide bonds. The van der Waals surface area contributed by atoms with Crippen LogP contribution in [0.2, 0.25) is 5.02 Å². The Hall–Kier alpha value is -3.28. The number of halogens is 2. The van der Waals surface area contributed by atoms with Crippen LogP contribution in [0.15, 0.2) is 72.8 Å². The molecule has 0 unspecified atom stereocenters. The second-order valence-electron chi connectivity index (χ2n) is 12.8. The number of Topliss-reactive ketones (excluding diaryl/α,β-unsaturated/α-hetero) is 1. The van der Waals surface area contributed by atoms with E-state index in [1.165, 1.54) is 0 Å². The third kappa shape index (κ3) is 10.6. The van der Waals surface area contributed by atoms with Crippen LogP contribution in [0, 0.1) is 6.92 Å². The number of unbranched alkanes of at least 4 members (excludes halogenated alkanes) is 1. The maximum absolute atomic E-state index is 14.0. The highest BCUT2D eigenvalue weighted by Crippen LogP contribution is 2.25. The third-order valence-corrected chi connectivity index (χ3v) is 8.59. The van der Waals surface area contributed by atoms with E-state index in [9.17, 15) is 19.2 Å². The molecule has 1 aliphatic rings. The first-order valence-electron chi connectivity index (χ1n) is 15.5. The molecule has 1 aliphatic heterocycles. The topological polar surface area (TPSA) is 95.6 Å². The first-order chi connectivity index (χ1) is 21.4. The van der Waals surface area contributed by atoms with E-state index in [4.69, 9.17) is 11.6 Å². The maximum Gasteiger partial charge on any atom is 0.246 e. The van der Waals surface area contributed by atoms with Crippen molar-refractivity contribution in [3.63, 3.8) is 0 Å². The van der Waals surface area contributed by atoms with E-state index in [0.29, 0.717) is 29.1 Å². The van der Waals surface area contributed by atoms with Gasteiger partial charge in [-0.15, -0.1) is 0 Å². The molecule has 8 nitrogen and oxygen atoms in total. The second-order valence-corrected chi connectivity index (χ2v) is 13.2. The van der Waals surface area contributed by atoms with Gasteiger partial charge in [0.15, 0.2) is 5.78 Å². The zero-order chi connectivity index (χ0) is 32.6. The summed E-state index contributed by atoms with van der Waals surface area (Å²) in [6.07, 6.45) is 2.45. The molecule has 0 aliphatic carbocycles. The number of nitrogens with one attached hydrogen (secondary N) is 2. The average Bonchev–Trinajstić information content (AvgIpc) is 3.02. The number of hydrogen-bond donors (Lipinski definition) is 2. The van der Waals surface area contributed by atoms with Gasteiger partial charge >= 0.3 is 0 Å². The predicted molar refractivity (Wildman–Crippen MR) is 178 cm³/mol. The minimum absolute atomic E-state index is 0. The van der Waals surface area contributed by atoms with E-state index in [1.54, 1.807) is 47.4 Å². The van der Waals surface area contributed by atoms with E-state index in [-0.39, 0.29) is 66.9 Å². The SMILES string of the molecule is Cc1cc(NC(=O)[C@H](CCCC[N+](C)(C)C)NC(=O)[C@@H]2Cc3ccccc3CN2C(=O)CCC(=O)c2ccccc2)ccc1Cl.[I-]. The molecule has 2 N–H and O–H groups in total. The molecule has 3 aromatic carbocycles. The minimum atomic E-state index is -0.807. The number of carbonyl (C=O) groups is 4. The maximum atomic E-state index is 14.0. The second kappa shape index (κ2) is 17.0. The van der Waals surface area contributed by atoms with Crippen LogP contribution in [-0.4, -0.2) is 72.7 Å². The molecule has 0 spiro atoms. The van der Waals surface area contributed by atoms with Crippen LogP contribution in [0.4, 0.5) is 5.69 Å². The molecule has 4 rings (SSSR count). The number of carbonyl (C=O) groups excluding carboxylic acids is 4. The molecule has 2 atom stereocenters. The van der Waals surface area contributed by atoms with Gasteiger partial charge in [-0.1, -0.05) is 66.2 Å². The van der Waals surface area contributed by atoms with Gasteiger partial charge in [0.2, 0.25) is 17.7 Å². The number of hydrogen-bond acceptors (Lipinski definition) is 4. The molecule has 246 valence electrons. The zero-order valence-corrected chi connectivity index (χ0v) is 29.9. The van der Waals surface area contributed by atoms with E-state index in [2.05, 4.69) is 31.8 Å². The number of nitrogens with zero attached hydrogens (tertiary/aromatic N) is 2. The van der Waals surface area contributed by atoms with E-state index < -0.39 is 12.1 Å². The third-order valence-electron chi connectivity index (χ3n) is 8.16. The first-order valence-corrected chi connectivity index (χ1v) is 15.9. The highest BCUT2D eigenvalue weighted by Gasteiger charge is 2.36. The molecule has 3 aromatic rings. The van der Waals surface area contributed by atoms with Crippen molar-refractivity contribution in [3.05, 3.63) is 100 Å². The average molecular weight is 759 g/mol. The Bertz CT molecular complexity index is 1530. The van der Waals surface area contributed by atoms with Gasteiger partial charge in [-0.05, 0) is 61.1 Å².